The summed E-state index contributed by atoms with van der Waals surface area (Å²) in [6.07, 6.45) is 2.26. The van der Waals surface area contributed by atoms with E-state index in [1.165, 1.54) is 18.2 Å². The van der Waals surface area contributed by atoms with Crippen LogP contribution in [0.2, 0.25) is 5.02 Å². The molecule has 1 aromatic carbocycles. The molecule has 0 spiro atoms. The Balaban J connectivity index is 0.00000176. The first-order chi connectivity index (χ1) is 10.0. The van der Waals surface area contributed by atoms with Crippen LogP contribution in [0, 0.1) is 17.7 Å². The number of hydrogen-bond donors (Lipinski definition) is 2. The van der Waals surface area contributed by atoms with Crippen molar-refractivity contribution in [2.45, 2.75) is 18.9 Å². The highest BCUT2D eigenvalue weighted by Gasteiger charge is 2.41. The quantitative estimate of drug-likeness (QED) is 0.883. The first-order valence-electron chi connectivity index (χ1n) is 7.26. The lowest BCUT2D eigenvalue weighted by atomic mass is 9.98. The molecule has 1 aromatic rings. The largest absolute Gasteiger partial charge is 0.327 e. The molecule has 0 aromatic heterocycles. The summed E-state index contributed by atoms with van der Waals surface area (Å²) < 4.78 is 13.0. The second kappa shape index (κ2) is 7.13. The summed E-state index contributed by atoms with van der Waals surface area (Å²) in [5.41, 5.74) is 6.53. The van der Waals surface area contributed by atoms with Gasteiger partial charge in [0.25, 0.3) is 0 Å². The van der Waals surface area contributed by atoms with E-state index in [4.69, 9.17) is 17.3 Å². The van der Waals surface area contributed by atoms with E-state index in [2.05, 4.69) is 10.2 Å². The van der Waals surface area contributed by atoms with Crippen molar-refractivity contribution in [1.82, 2.24) is 4.90 Å². The maximum atomic E-state index is 13.0. The molecule has 0 bridgehead atoms. The molecule has 1 saturated heterocycles. The number of halogens is 3. The minimum atomic E-state index is -0.417. The number of carbonyl (C=O) groups is 1. The van der Waals surface area contributed by atoms with Gasteiger partial charge in [-0.1, -0.05) is 11.6 Å². The first kappa shape index (κ1) is 17.5. The standard InChI is InChI=1S/C15H19ClFN3O.ClH/c16-12-5-10(17)2-4-14(12)19-15(21)8-20-6-9-1-3-13(18)11(9)7-20;/h2,4-5,9,11,13H,1,3,6-8,18H2,(H,19,21);1H. The molecule has 0 radical (unpaired) electrons. The van der Waals surface area contributed by atoms with Crippen LogP contribution in [-0.2, 0) is 4.79 Å². The molecule has 4 nitrogen and oxygen atoms in total. The monoisotopic (exact) mass is 347 g/mol. The molecule has 2 fully saturated rings. The van der Waals surface area contributed by atoms with E-state index in [0.29, 0.717) is 24.1 Å². The lowest BCUT2D eigenvalue weighted by Gasteiger charge is -2.18. The maximum Gasteiger partial charge on any atom is 0.238 e. The van der Waals surface area contributed by atoms with Crippen LogP contribution in [0.3, 0.4) is 0 Å². The molecule has 3 rings (SSSR count). The summed E-state index contributed by atoms with van der Waals surface area (Å²) in [5, 5.41) is 2.94. The van der Waals surface area contributed by atoms with E-state index in [-0.39, 0.29) is 29.4 Å². The molecule has 3 N–H and O–H groups in total. The van der Waals surface area contributed by atoms with Crippen molar-refractivity contribution in [3.05, 3.63) is 29.0 Å². The van der Waals surface area contributed by atoms with Crippen molar-refractivity contribution < 1.29 is 9.18 Å². The van der Waals surface area contributed by atoms with Gasteiger partial charge in [-0.3, -0.25) is 9.69 Å². The molecule has 122 valence electrons. The fraction of sp³-hybridized carbons (Fsp3) is 0.533. The summed E-state index contributed by atoms with van der Waals surface area (Å²) >= 11 is 5.90. The molecule has 1 heterocycles. The average Bonchev–Trinajstić information content (AvgIpc) is 2.95. The van der Waals surface area contributed by atoms with Crippen molar-refractivity contribution in [3.8, 4) is 0 Å². The summed E-state index contributed by atoms with van der Waals surface area (Å²) in [7, 11) is 0. The summed E-state index contributed by atoms with van der Waals surface area (Å²) in [4.78, 5) is 14.2. The zero-order valence-electron chi connectivity index (χ0n) is 12.1. The van der Waals surface area contributed by atoms with Gasteiger partial charge in [0.1, 0.15) is 5.82 Å². The highest BCUT2D eigenvalue weighted by Crippen LogP contribution is 2.36. The van der Waals surface area contributed by atoms with Gasteiger partial charge in [0.2, 0.25) is 5.91 Å². The molecule has 1 aliphatic heterocycles. The Bertz CT molecular complexity index is 558. The molecule has 22 heavy (non-hydrogen) atoms. The van der Waals surface area contributed by atoms with E-state index in [1.54, 1.807) is 0 Å². The van der Waals surface area contributed by atoms with E-state index in [0.717, 1.165) is 25.9 Å². The number of hydrogen-bond acceptors (Lipinski definition) is 3. The third-order valence-electron chi connectivity index (χ3n) is 4.56. The lowest BCUT2D eigenvalue weighted by molar-refractivity contribution is -0.117. The summed E-state index contributed by atoms with van der Waals surface area (Å²) in [5.74, 6) is 0.603. The SMILES string of the molecule is Cl.NC1CCC2CN(CC(=O)Nc3ccc(F)cc3Cl)CC12. The number of nitrogens with one attached hydrogen (secondary N) is 1. The molecule has 1 saturated carbocycles. The van der Waals surface area contributed by atoms with Gasteiger partial charge >= 0.3 is 0 Å². The van der Waals surface area contributed by atoms with E-state index in [1.807, 2.05) is 0 Å². The minimum absolute atomic E-state index is 0. The van der Waals surface area contributed by atoms with Crippen LogP contribution in [0.1, 0.15) is 12.8 Å². The second-order valence-electron chi connectivity index (χ2n) is 6.03. The Morgan fingerprint density at radius 2 is 2.18 bits per heavy atom. The number of amides is 1. The van der Waals surface area contributed by atoms with Crippen molar-refractivity contribution in [2.24, 2.45) is 17.6 Å². The van der Waals surface area contributed by atoms with Gasteiger partial charge in [-0.2, -0.15) is 0 Å². The molecule has 3 atom stereocenters. The van der Waals surface area contributed by atoms with E-state index >= 15 is 0 Å². The van der Waals surface area contributed by atoms with Crippen LogP contribution < -0.4 is 11.1 Å². The highest BCUT2D eigenvalue weighted by molar-refractivity contribution is 6.33. The highest BCUT2D eigenvalue weighted by atomic mass is 35.5. The number of carbonyl (C=O) groups excluding carboxylic acids is 1. The summed E-state index contributed by atoms with van der Waals surface area (Å²) in [6, 6.07) is 4.22. The Kier molecular flexibility index (Phi) is 5.66. The minimum Gasteiger partial charge on any atom is -0.327 e. The smallest absolute Gasteiger partial charge is 0.238 e. The van der Waals surface area contributed by atoms with Gasteiger partial charge in [-0.25, -0.2) is 4.39 Å². The van der Waals surface area contributed by atoms with Crippen molar-refractivity contribution >= 4 is 35.6 Å². The Morgan fingerprint density at radius 1 is 1.41 bits per heavy atom. The predicted molar refractivity (Wildman–Crippen MR) is 87.9 cm³/mol. The number of fused-ring (bicyclic) bond motifs is 1. The van der Waals surface area contributed by atoms with Crippen LogP contribution in [0.25, 0.3) is 0 Å². The van der Waals surface area contributed by atoms with Crippen molar-refractivity contribution in [3.63, 3.8) is 0 Å². The number of nitrogens with two attached hydrogens (primary N) is 1. The fourth-order valence-corrected chi connectivity index (χ4v) is 3.73. The lowest BCUT2D eigenvalue weighted by Crippen LogP contribution is -2.34. The normalized spacial score (nSPS) is 27.3. The van der Waals surface area contributed by atoms with Gasteiger partial charge in [-0.15, -0.1) is 12.4 Å². The molecular formula is C15H20Cl2FN3O. The molecule has 7 heteroatoms. The Hall–Kier alpha value is -0.880. The van der Waals surface area contributed by atoms with Gasteiger partial charge < -0.3 is 11.1 Å². The zero-order valence-corrected chi connectivity index (χ0v) is 13.7. The molecule has 2 aliphatic rings. The Labute approximate surface area is 140 Å². The van der Waals surface area contributed by atoms with Crippen LogP contribution in [-0.4, -0.2) is 36.5 Å². The topological polar surface area (TPSA) is 58.4 Å². The third kappa shape index (κ3) is 3.71. The maximum absolute atomic E-state index is 13.0. The molecule has 3 unspecified atom stereocenters. The van der Waals surface area contributed by atoms with Crippen LogP contribution in [0.4, 0.5) is 10.1 Å². The number of benzene rings is 1. The van der Waals surface area contributed by atoms with Crippen LogP contribution >= 0.6 is 24.0 Å². The first-order valence-corrected chi connectivity index (χ1v) is 7.63. The van der Waals surface area contributed by atoms with Gasteiger partial charge in [-0.05, 0) is 42.9 Å². The zero-order chi connectivity index (χ0) is 15.0. The van der Waals surface area contributed by atoms with Gasteiger partial charge in [0, 0.05) is 19.1 Å². The van der Waals surface area contributed by atoms with Crippen molar-refractivity contribution in [2.75, 3.05) is 25.0 Å². The van der Waals surface area contributed by atoms with Crippen LogP contribution in [0.5, 0.6) is 0 Å². The molecule has 1 aliphatic carbocycles. The van der Waals surface area contributed by atoms with Crippen molar-refractivity contribution in [1.29, 1.82) is 0 Å². The van der Waals surface area contributed by atoms with E-state index < -0.39 is 5.82 Å². The second-order valence-corrected chi connectivity index (χ2v) is 6.44. The number of anilines is 1. The van der Waals surface area contributed by atoms with Gasteiger partial charge in [0.05, 0.1) is 17.3 Å². The average molecular weight is 348 g/mol. The number of rotatable bonds is 3. The van der Waals surface area contributed by atoms with Crippen LogP contribution in [0.15, 0.2) is 18.2 Å². The Morgan fingerprint density at radius 3 is 2.86 bits per heavy atom. The summed E-state index contributed by atoms with van der Waals surface area (Å²) in [6.45, 7) is 2.15. The van der Waals surface area contributed by atoms with Gasteiger partial charge in [0.15, 0.2) is 0 Å². The number of nitrogens with zero attached hydrogens (tertiary/aromatic N) is 1. The molecular weight excluding hydrogens is 328 g/mol. The predicted octanol–water partition coefficient (Wildman–Crippen LogP) is 2.51. The van der Waals surface area contributed by atoms with E-state index in [9.17, 15) is 9.18 Å². The third-order valence-corrected chi connectivity index (χ3v) is 4.87. The molecule has 1 amide bonds. The number of likely N-dealkylation sites (tertiary alicyclic amines) is 1. The fourth-order valence-electron chi connectivity index (χ4n) is 3.51.